The number of carbonyl (C=O) groups is 2. The lowest BCUT2D eigenvalue weighted by Crippen LogP contribution is -2.35. The van der Waals surface area contributed by atoms with Gasteiger partial charge in [-0.05, 0) is 57.6 Å². The van der Waals surface area contributed by atoms with Gasteiger partial charge in [0.15, 0.2) is 0 Å². The molecule has 1 aliphatic heterocycles. The molecular weight excluding hydrogens is 356 g/mol. The predicted molar refractivity (Wildman–Crippen MR) is 100 cm³/mol. The second-order valence-electron chi connectivity index (χ2n) is 6.89. The van der Waals surface area contributed by atoms with Crippen molar-refractivity contribution in [1.82, 2.24) is 9.47 Å². The Morgan fingerprint density at radius 3 is 2.54 bits per heavy atom. The van der Waals surface area contributed by atoms with E-state index in [9.17, 15) is 14.7 Å². The Balaban J connectivity index is 2.14. The summed E-state index contributed by atoms with van der Waals surface area (Å²) in [5, 5.41) is 10.4. The van der Waals surface area contributed by atoms with Crippen LogP contribution in [0.4, 0.5) is 0 Å². The second kappa shape index (κ2) is 7.29. The first-order chi connectivity index (χ1) is 12.3. The van der Waals surface area contributed by atoms with Crippen LogP contribution in [0.1, 0.15) is 28.9 Å². The first-order valence-electron chi connectivity index (χ1n) is 8.65. The molecule has 0 amide bonds. The van der Waals surface area contributed by atoms with Crippen molar-refractivity contribution in [2.24, 2.45) is 5.92 Å². The molecule has 2 aromatic rings. The number of carbonyl (C=O) groups excluding carboxylic acids is 1. The van der Waals surface area contributed by atoms with E-state index in [0.717, 1.165) is 25.9 Å². The fourth-order valence-corrected chi connectivity index (χ4v) is 3.97. The Hall–Kier alpha value is -2.05. The van der Waals surface area contributed by atoms with Crippen molar-refractivity contribution >= 4 is 34.4 Å². The van der Waals surface area contributed by atoms with Gasteiger partial charge in [0.2, 0.25) is 5.91 Å². The van der Waals surface area contributed by atoms with E-state index in [4.69, 9.17) is 16.3 Å². The minimum atomic E-state index is -0.937. The molecule has 1 N–H and O–H groups in total. The first kappa shape index (κ1) is 18.7. The van der Waals surface area contributed by atoms with Crippen LogP contribution in [-0.4, -0.2) is 53.7 Å². The van der Waals surface area contributed by atoms with Crippen molar-refractivity contribution in [3.63, 3.8) is 0 Å². The highest BCUT2D eigenvalue weighted by Crippen LogP contribution is 2.36. The molecule has 0 atom stereocenters. The molecule has 0 spiro atoms. The molecule has 1 aliphatic rings. The molecule has 140 valence electrons. The summed E-state index contributed by atoms with van der Waals surface area (Å²) in [5.74, 6) is -0.528. The number of piperidine rings is 1. The van der Waals surface area contributed by atoms with Crippen molar-refractivity contribution in [2.75, 3.05) is 27.2 Å². The third-order valence-corrected chi connectivity index (χ3v) is 5.52. The molecular formula is C19H23ClN2O4. The fraction of sp³-hybridized carbons (Fsp3) is 0.474. The summed E-state index contributed by atoms with van der Waals surface area (Å²) in [4.78, 5) is 26.8. The Bertz CT molecular complexity index is 866. The van der Waals surface area contributed by atoms with Crippen LogP contribution >= 0.6 is 11.6 Å². The predicted octanol–water partition coefficient (Wildman–Crippen LogP) is 3.22. The van der Waals surface area contributed by atoms with Gasteiger partial charge >= 0.3 is 5.97 Å². The van der Waals surface area contributed by atoms with Gasteiger partial charge < -0.3 is 14.7 Å². The lowest BCUT2D eigenvalue weighted by molar-refractivity contribution is -0.136. The monoisotopic (exact) mass is 378 g/mol. The molecule has 3 rings (SSSR count). The average Bonchev–Trinajstić information content (AvgIpc) is 2.85. The van der Waals surface area contributed by atoms with Gasteiger partial charge in [-0.25, -0.2) is 0 Å². The Labute approximate surface area is 157 Å². The number of fused-ring (bicyclic) bond motifs is 1. The van der Waals surface area contributed by atoms with E-state index in [1.165, 1.54) is 7.11 Å². The third-order valence-electron chi connectivity index (χ3n) is 5.22. The van der Waals surface area contributed by atoms with E-state index < -0.39 is 5.97 Å². The zero-order valence-corrected chi connectivity index (χ0v) is 16.0. The summed E-state index contributed by atoms with van der Waals surface area (Å²) in [6, 6.07) is 3.42. The fourth-order valence-electron chi connectivity index (χ4n) is 3.73. The molecule has 0 radical (unpaired) electrons. The highest BCUT2D eigenvalue weighted by atomic mass is 35.5. The molecule has 6 nitrogen and oxygen atoms in total. The number of methoxy groups -OCH3 is 1. The van der Waals surface area contributed by atoms with Crippen LogP contribution in [-0.2, 0) is 11.2 Å². The van der Waals surface area contributed by atoms with Crippen molar-refractivity contribution in [1.29, 1.82) is 0 Å². The van der Waals surface area contributed by atoms with Crippen molar-refractivity contribution < 1.29 is 19.4 Å². The third kappa shape index (κ3) is 3.31. The van der Waals surface area contributed by atoms with Crippen LogP contribution in [0.2, 0.25) is 5.02 Å². The van der Waals surface area contributed by atoms with E-state index in [2.05, 4.69) is 4.90 Å². The number of rotatable bonds is 4. The maximum atomic E-state index is 13.2. The zero-order valence-electron chi connectivity index (χ0n) is 15.2. The molecule has 0 saturated carbocycles. The summed E-state index contributed by atoms with van der Waals surface area (Å²) in [7, 11) is 3.56. The van der Waals surface area contributed by atoms with Crippen LogP contribution in [0.15, 0.2) is 12.1 Å². The number of carboxylic acids is 1. The summed E-state index contributed by atoms with van der Waals surface area (Å²) in [6.07, 6.45) is 1.44. The van der Waals surface area contributed by atoms with Gasteiger partial charge in [-0.2, -0.15) is 0 Å². The summed E-state index contributed by atoms with van der Waals surface area (Å²) in [5.41, 5.74) is 1.94. The molecule has 26 heavy (non-hydrogen) atoms. The SMILES string of the molecule is COc1cc2c(CC(=O)O)c(C)n(C(=O)C3CCN(C)CC3)c2cc1Cl. The topological polar surface area (TPSA) is 71.8 Å². The summed E-state index contributed by atoms with van der Waals surface area (Å²) < 4.78 is 6.92. The molecule has 1 saturated heterocycles. The van der Waals surface area contributed by atoms with Gasteiger partial charge in [0, 0.05) is 17.0 Å². The van der Waals surface area contributed by atoms with Crippen molar-refractivity contribution in [3.05, 3.63) is 28.4 Å². The van der Waals surface area contributed by atoms with Gasteiger partial charge in [-0.1, -0.05) is 11.6 Å². The average molecular weight is 379 g/mol. The van der Waals surface area contributed by atoms with Gasteiger partial charge in [-0.3, -0.25) is 14.2 Å². The number of carboxylic acid groups (broad SMARTS) is 1. The van der Waals surface area contributed by atoms with Crippen molar-refractivity contribution in [3.8, 4) is 5.75 Å². The smallest absolute Gasteiger partial charge is 0.307 e. The maximum absolute atomic E-state index is 13.2. The maximum Gasteiger partial charge on any atom is 0.307 e. The van der Waals surface area contributed by atoms with Gasteiger partial charge in [-0.15, -0.1) is 0 Å². The lowest BCUT2D eigenvalue weighted by Gasteiger charge is -2.28. The van der Waals surface area contributed by atoms with Crippen molar-refractivity contribution in [2.45, 2.75) is 26.2 Å². The molecule has 1 fully saturated rings. The Kier molecular flexibility index (Phi) is 5.25. The number of ether oxygens (including phenoxy) is 1. The summed E-state index contributed by atoms with van der Waals surface area (Å²) >= 11 is 6.28. The molecule has 1 aromatic carbocycles. The highest BCUT2D eigenvalue weighted by molar-refractivity contribution is 6.33. The summed E-state index contributed by atoms with van der Waals surface area (Å²) in [6.45, 7) is 3.56. The largest absolute Gasteiger partial charge is 0.495 e. The lowest BCUT2D eigenvalue weighted by atomic mass is 9.96. The molecule has 1 aromatic heterocycles. The zero-order chi connectivity index (χ0) is 19.0. The highest BCUT2D eigenvalue weighted by Gasteiger charge is 2.29. The van der Waals surface area contributed by atoms with Crippen LogP contribution in [0.3, 0.4) is 0 Å². The van der Waals surface area contributed by atoms with E-state index >= 15 is 0 Å². The van der Waals surface area contributed by atoms with Gasteiger partial charge in [0.1, 0.15) is 5.75 Å². The van der Waals surface area contributed by atoms with Crippen LogP contribution < -0.4 is 4.74 Å². The van der Waals surface area contributed by atoms with E-state index in [1.54, 1.807) is 23.6 Å². The number of benzene rings is 1. The number of nitrogens with zero attached hydrogens (tertiary/aromatic N) is 2. The Morgan fingerprint density at radius 1 is 1.31 bits per heavy atom. The quantitative estimate of drug-likeness (QED) is 0.884. The van der Waals surface area contributed by atoms with E-state index in [1.807, 2.05) is 7.05 Å². The van der Waals surface area contributed by atoms with Gasteiger partial charge in [0.05, 0.1) is 24.1 Å². The van der Waals surface area contributed by atoms with Crippen LogP contribution in [0, 0.1) is 12.8 Å². The van der Waals surface area contributed by atoms with Gasteiger partial charge in [0.25, 0.3) is 0 Å². The standard InChI is InChI=1S/C19H23ClN2O4/c1-11-13(9-18(23)24)14-8-17(26-3)15(20)10-16(14)22(11)19(25)12-4-6-21(2)7-5-12/h8,10,12H,4-7,9H2,1-3H3,(H,23,24). The van der Waals surface area contributed by atoms with E-state index in [-0.39, 0.29) is 18.2 Å². The molecule has 0 unspecified atom stereocenters. The number of hydrogen-bond donors (Lipinski definition) is 1. The number of likely N-dealkylation sites (tertiary alicyclic amines) is 1. The number of halogens is 1. The van der Waals surface area contributed by atoms with E-state index in [0.29, 0.717) is 32.9 Å². The molecule has 2 heterocycles. The molecule has 7 heteroatoms. The normalized spacial score (nSPS) is 16.2. The van der Waals surface area contributed by atoms with Crippen LogP contribution in [0.5, 0.6) is 5.75 Å². The Morgan fingerprint density at radius 2 is 1.96 bits per heavy atom. The number of aromatic nitrogens is 1. The first-order valence-corrected chi connectivity index (χ1v) is 9.03. The minimum absolute atomic E-state index is 0.0125. The minimum Gasteiger partial charge on any atom is -0.495 e. The molecule has 0 bridgehead atoms. The van der Waals surface area contributed by atoms with Crippen LogP contribution in [0.25, 0.3) is 10.9 Å². The second-order valence-corrected chi connectivity index (χ2v) is 7.30. The number of hydrogen-bond acceptors (Lipinski definition) is 4. The molecule has 0 aliphatic carbocycles. The number of aliphatic carboxylic acids is 1.